The lowest BCUT2D eigenvalue weighted by Crippen LogP contribution is -2.21. The molecule has 0 aliphatic rings. The molecule has 4 aromatic rings. The molecule has 0 spiro atoms. The summed E-state index contributed by atoms with van der Waals surface area (Å²) in [6.45, 7) is 6.23. The van der Waals surface area contributed by atoms with E-state index < -0.39 is 0 Å². The fourth-order valence-corrected chi connectivity index (χ4v) is 5.42. The molecule has 0 saturated carbocycles. The first-order chi connectivity index (χ1) is 16.2. The highest BCUT2D eigenvalue weighted by Crippen LogP contribution is 2.31. The molecule has 0 radical (unpaired) electrons. The minimum atomic E-state index is -0.226. The van der Waals surface area contributed by atoms with E-state index in [4.69, 9.17) is 0 Å². The van der Waals surface area contributed by atoms with Crippen LogP contribution in [0.25, 0.3) is 10.2 Å². The molecule has 1 N–H and O–H groups in total. The van der Waals surface area contributed by atoms with Crippen LogP contribution < -0.4 is 10.3 Å². The van der Waals surface area contributed by atoms with Crippen LogP contribution in [0.1, 0.15) is 35.3 Å². The number of thioether (sulfide) groups is 1. The molecular formula is C26H26N4OS2. The van der Waals surface area contributed by atoms with Gasteiger partial charge >= 0.3 is 0 Å². The Kier molecular flexibility index (Phi) is 7.75. The number of para-hydroxylation sites is 1. The number of hydrogen-bond donors (Lipinski definition) is 1. The molecule has 0 aliphatic heterocycles. The van der Waals surface area contributed by atoms with E-state index in [0.717, 1.165) is 39.8 Å². The maximum atomic E-state index is 12.4. The number of nitrogens with zero attached hydrogens (tertiary/aromatic N) is 3. The number of rotatable bonds is 9. The van der Waals surface area contributed by atoms with Crippen LogP contribution in [0.5, 0.6) is 0 Å². The molecule has 7 heteroatoms. The van der Waals surface area contributed by atoms with Gasteiger partial charge in [-0.25, -0.2) is 10.4 Å². The van der Waals surface area contributed by atoms with Gasteiger partial charge in [-0.15, -0.1) is 11.3 Å². The van der Waals surface area contributed by atoms with E-state index in [-0.39, 0.29) is 5.91 Å². The first kappa shape index (κ1) is 23.0. The van der Waals surface area contributed by atoms with Crippen molar-refractivity contribution in [3.8, 4) is 0 Å². The molecular weight excluding hydrogens is 448 g/mol. The quantitative estimate of drug-likeness (QED) is 0.178. The van der Waals surface area contributed by atoms with Gasteiger partial charge in [0.15, 0.2) is 4.34 Å². The molecule has 0 aliphatic carbocycles. The Labute approximate surface area is 202 Å². The molecule has 33 heavy (non-hydrogen) atoms. The minimum Gasteiger partial charge on any atom is -0.372 e. The van der Waals surface area contributed by atoms with E-state index in [1.807, 2.05) is 54.6 Å². The van der Waals surface area contributed by atoms with E-state index in [1.54, 1.807) is 29.3 Å². The molecule has 0 fully saturated rings. The Balaban J connectivity index is 1.29. The Morgan fingerprint density at radius 3 is 2.45 bits per heavy atom. The normalized spacial score (nSPS) is 11.2. The average Bonchev–Trinajstić information content (AvgIpc) is 3.28. The lowest BCUT2D eigenvalue weighted by molar-refractivity contribution is 0.0955. The first-order valence-electron chi connectivity index (χ1n) is 10.9. The summed E-state index contributed by atoms with van der Waals surface area (Å²) in [5, 5.41) is 4.10. The van der Waals surface area contributed by atoms with E-state index in [1.165, 1.54) is 10.4 Å². The maximum Gasteiger partial charge on any atom is 0.271 e. The summed E-state index contributed by atoms with van der Waals surface area (Å²) >= 11 is 3.42. The molecule has 0 bridgehead atoms. The number of carbonyl (C=O) groups excluding carboxylic acids is 1. The number of aromatic nitrogens is 1. The molecule has 5 nitrogen and oxygen atoms in total. The SMILES string of the molecule is CCN(CC)c1ccc(/C=N\NC(=O)c2ccc(CSc3nc4ccccc4s3)cc2)cc1. The standard InChI is InChI=1S/C26H26N4OS2/c1-3-30(4-2)22-15-11-19(12-16-22)17-27-29-25(31)21-13-9-20(10-14-21)18-32-26-28-23-7-5-6-8-24(23)33-26/h5-17H,3-4,18H2,1-2H3,(H,29,31)/b27-17-. The number of nitrogens with one attached hydrogen (secondary N) is 1. The molecule has 168 valence electrons. The van der Waals surface area contributed by atoms with Gasteiger partial charge in [-0.05, 0) is 61.4 Å². The van der Waals surface area contributed by atoms with Gasteiger partial charge in [-0.2, -0.15) is 5.10 Å². The van der Waals surface area contributed by atoms with Crippen molar-refractivity contribution in [2.75, 3.05) is 18.0 Å². The largest absolute Gasteiger partial charge is 0.372 e. The van der Waals surface area contributed by atoms with Crippen LogP contribution in [-0.2, 0) is 5.75 Å². The van der Waals surface area contributed by atoms with Gasteiger partial charge in [-0.3, -0.25) is 4.79 Å². The number of hydrogen-bond acceptors (Lipinski definition) is 6. The van der Waals surface area contributed by atoms with Crippen molar-refractivity contribution in [1.29, 1.82) is 0 Å². The maximum absolute atomic E-state index is 12.4. The smallest absolute Gasteiger partial charge is 0.271 e. The van der Waals surface area contributed by atoms with Crippen molar-refractivity contribution >= 4 is 51.1 Å². The van der Waals surface area contributed by atoms with Gasteiger partial charge in [-0.1, -0.05) is 48.2 Å². The number of anilines is 1. The van der Waals surface area contributed by atoms with E-state index in [0.29, 0.717) is 5.56 Å². The summed E-state index contributed by atoms with van der Waals surface area (Å²) in [6, 6.07) is 23.9. The van der Waals surface area contributed by atoms with E-state index >= 15 is 0 Å². The predicted octanol–water partition coefficient (Wildman–Crippen LogP) is 6.20. The Bertz CT molecular complexity index is 1200. The highest BCUT2D eigenvalue weighted by atomic mass is 32.2. The molecule has 0 unspecified atom stereocenters. The van der Waals surface area contributed by atoms with Crippen molar-refractivity contribution in [1.82, 2.24) is 10.4 Å². The van der Waals surface area contributed by atoms with E-state index in [2.05, 4.69) is 52.5 Å². The zero-order valence-corrected chi connectivity index (χ0v) is 20.3. The molecule has 1 aromatic heterocycles. The van der Waals surface area contributed by atoms with E-state index in [9.17, 15) is 4.79 Å². The third-order valence-corrected chi connectivity index (χ3v) is 7.50. The number of carbonyl (C=O) groups is 1. The number of amides is 1. The summed E-state index contributed by atoms with van der Waals surface area (Å²) < 4.78 is 2.25. The summed E-state index contributed by atoms with van der Waals surface area (Å²) in [5.41, 5.74) is 7.49. The Hall–Kier alpha value is -3.16. The highest BCUT2D eigenvalue weighted by molar-refractivity contribution is 8.00. The van der Waals surface area contributed by atoms with Gasteiger partial charge in [0.25, 0.3) is 5.91 Å². The summed E-state index contributed by atoms with van der Waals surface area (Å²) in [4.78, 5) is 19.3. The van der Waals surface area contributed by atoms with Crippen molar-refractivity contribution in [2.45, 2.75) is 23.9 Å². The van der Waals surface area contributed by atoms with Gasteiger partial charge in [0.05, 0.1) is 16.4 Å². The Morgan fingerprint density at radius 2 is 1.76 bits per heavy atom. The summed E-state index contributed by atoms with van der Waals surface area (Å²) in [6.07, 6.45) is 1.66. The van der Waals surface area contributed by atoms with Crippen molar-refractivity contribution in [2.24, 2.45) is 5.10 Å². The van der Waals surface area contributed by atoms with Crippen LogP contribution in [-0.4, -0.2) is 30.2 Å². The third-order valence-electron chi connectivity index (χ3n) is 5.25. The zero-order chi connectivity index (χ0) is 23.0. The predicted molar refractivity (Wildman–Crippen MR) is 141 cm³/mol. The number of thiazole rings is 1. The lowest BCUT2D eigenvalue weighted by atomic mass is 10.1. The van der Waals surface area contributed by atoms with Crippen LogP contribution >= 0.6 is 23.1 Å². The molecule has 3 aromatic carbocycles. The zero-order valence-electron chi connectivity index (χ0n) is 18.7. The van der Waals surface area contributed by atoms with Gasteiger partial charge in [0.1, 0.15) is 0 Å². The van der Waals surface area contributed by atoms with Crippen molar-refractivity contribution < 1.29 is 4.79 Å². The van der Waals surface area contributed by atoms with Gasteiger partial charge in [0, 0.05) is 30.1 Å². The molecule has 1 amide bonds. The second kappa shape index (κ2) is 11.1. The van der Waals surface area contributed by atoms with Gasteiger partial charge in [0.2, 0.25) is 0 Å². The number of benzene rings is 3. The molecule has 0 saturated heterocycles. The average molecular weight is 475 g/mol. The van der Waals surface area contributed by atoms with Crippen molar-refractivity contribution in [3.05, 3.63) is 89.5 Å². The first-order valence-corrected chi connectivity index (χ1v) is 12.7. The third kappa shape index (κ3) is 6.00. The molecule has 4 rings (SSSR count). The second-order valence-electron chi connectivity index (χ2n) is 7.40. The van der Waals surface area contributed by atoms with Crippen molar-refractivity contribution in [3.63, 3.8) is 0 Å². The van der Waals surface area contributed by atoms with Crippen LogP contribution in [0.4, 0.5) is 5.69 Å². The number of fused-ring (bicyclic) bond motifs is 1. The highest BCUT2D eigenvalue weighted by Gasteiger charge is 2.07. The summed E-state index contributed by atoms with van der Waals surface area (Å²) in [5.74, 6) is 0.583. The lowest BCUT2D eigenvalue weighted by Gasteiger charge is -2.20. The molecule has 1 heterocycles. The van der Waals surface area contributed by atoms with Gasteiger partial charge < -0.3 is 4.90 Å². The fourth-order valence-electron chi connectivity index (χ4n) is 3.40. The Morgan fingerprint density at radius 1 is 1.03 bits per heavy atom. The van der Waals surface area contributed by atoms with Crippen LogP contribution in [0.15, 0.2) is 82.2 Å². The van der Waals surface area contributed by atoms with Crippen LogP contribution in [0.3, 0.4) is 0 Å². The second-order valence-corrected chi connectivity index (χ2v) is 9.65. The van der Waals surface area contributed by atoms with Crippen LogP contribution in [0.2, 0.25) is 0 Å². The van der Waals surface area contributed by atoms with Crippen LogP contribution in [0, 0.1) is 0 Å². The number of hydrazone groups is 1. The fraction of sp³-hybridized carbons (Fsp3) is 0.192. The summed E-state index contributed by atoms with van der Waals surface area (Å²) in [7, 11) is 0. The minimum absolute atomic E-state index is 0.226. The molecule has 0 atom stereocenters. The topological polar surface area (TPSA) is 57.6 Å². The monoisotopic (exact) mass is 474 g/mol.